The molecule has 1 atom stereocenters. The summed E-state index contributed by atoms with van der Waals surface area (Å²) in [6.07, 6.45) is 0. The number of likely N-dealkylation sites (tertiary alicyclic amines) is 1. The van der Waals surface area contributed by atoms with E-state index in [1.807, 2.05) is 0 Å². The average molecular weight is 438 g/mol. The van der Waals surface area contributed by atoms with Crippen LogP contribution in [-0.4, -0.2) is 78.2 Å². The first kappa shape index (κ1) is 21.9. The van der Waals surface area contributed by atoms with Gasteiger partial charge in [0.05, 0.1) is 31.9 Å². The molecule has 2 saturated heterocycles. The molecule has 0 radical (unpaired) electrons. The molecule has 1 unspecified atom stereocenters. The number of phenols is 1. The number of aliphatic hydroxyl groups is 1. The predicted molar refractivity (Wildman–Crippen MR) is 117 cm³/mol. The van der Waals surface area contributed by atoms with E-state index in [9.17, 15) is 19.8 Å². The number of phenolic OH excluding ortho intramolecular Hbond substituents is 1. The van der Waals surface area contributed by atoms with Crippen molar-refractivity contribution in [3.8, 4) is 11.5 Å². The van der Waals surface area contributed by atoms with Gasteiger partial charge in [-0.15, -0.1) is 0 Å². The first-order valence-electron chi connectivity index (χ1n) is 10.5. The van der Waals surface area contributed by atoms with E-state index in [-0.39, 0.29) is 22.8 Å². The molecule has 0 aromatic heterocycles. The lowest BCUT2D eigenvalue weighted by Crippen LogP contribution is -2.42. The fourth-order valence-corrected chi connectivity index (χ4v) is 4.15. The Bertz CT molecular complexity index is 1030. The van der Waals surface area contributed by atoms with Gasteiger partial charge in [-0.1, -0.05) is 36.4 Å². The molecule has 4 rings (SSSR count). The van der Waals surface area contributed by atoms with Crippen LogP contribution in [0, 0.1) is 0 Å². The number of hydrogen-bond donors (Lipinski definition) is 2. The lowest BCUT2D eigenvalue weighted by Gasteiger charge is -2.31. The highest BCUT2D eigenvalue weighted by Crippen LogP contribution is 2.41. The monoisotopic (exact) mass is 438 g/mol. The van der Waals surface area contributed by atoms with Gasteiger partial charge in [0, 0.05) is 31.7 Å². The summed E-state index contributed by atoms with van der Waals surface area (Å²) in [5.74, 6) is -1.45. The molecule has 2 heterocycles. The summed E-state index contributed by atoms with van der Waals surface area (Å²) in [7, 11) is 1.43. The summed E-state index contributed by atoms with van der Waals surface area (Å²) in [5.41, 5.74) is 1.05. The molecule has 2 fully saturated rings. The number of morpholine rings is 1. The third-order valence-corrected chi connectivity index (χ3v) is 5.87. The minimum Gasteiger partial charge on any atom is -0.507 e. The van der Waals surface area contributed by atoms with Gasteiger partial charge in [0.1, 0.15) is 5.76 Å². The molecule has 32 heavy (non-hydrogen) atoms. The first-order valence-corrected chi connectivity index (χ1v) is 10.5. The number of methoxy groups -OCH3 is 1. The summed E-state index contributed by atoms with van der Waals surface area (Å²) in [5, 5.41) is 21.1. The average Bonchev–Trinajstić information content (AvgIpc) is 3.08. The van der Waals surface area contributed by atoms with Crippen LogP contribution in [0.15, 0.2) is 54.1 Å². The van der Waals surface area contributed by atoms with Crippen LogP contribution in [0.2, 0.25) is 0 Å². The Balaban J connectivity index is 1.76. The number of ether oxygens (including phenoxy) is 2. The Kier molecular flexibility index (Phi) is 6.43. The smallest absolute Gasteiger partial charge is 0.295 e. The van der Waals surface area contributed by atoms with Crippen LogP contribution in [-0.2, 0) is 14.3 Å². The zero-order chi connectivity index (χ0) is 22.7. The molecule has 0 bridgehead atoms. The van der Waals surface area contributed by atoms with Gasteiger partial charge < -0.3 is 24.6 Å². The van der Waals surface area contributed by atoms with Crippen molar-refractivity contribution in [2.24, 2.45) is 0 Å². The zero-order valence-electron chi connectivity index (χ0n) is 17.9. The van der Waals surface area contributed by atoms with Gasteiger partial charge in [0.15, 0.2) is 11.5 Å². The van der Waals surface area contributed by atoms with Crippen LogP contribution in [0.4, 0.5) is 0 Å². The van der Waals surface area contributed by atoms with E-state index in [0.29, 0.717) is 37.4 Å². The Morgan fingerprint density at radius 2 is 1.81 bits per heavy atom. The fraction of sp³-hybridized carbons (Fsp3) is 0.333. The second-order valence-electron chi connectivity index (χ2n) is 7.74. The standard InChI is InChI=1S/C24H26N2O6/c1-31-19-15-17(7-8-18(19)27)21-20(22(28)16-5-3-2-4-6-16)23(29)24(30)26(21)10-9-25-11-13-32-14-12-25/h2-8,15,21,27-28H,9-14H2,1H3/b22-20-. The second-order valence-corrected chi connectivity index (χ2v) is 7.74. The maximum absolute atomic E-state index is 13.1. The van der Waals surface area contributed by atoms with E-state index in [2.05, 4.69) is 4.90 Å². The SMILES string of the molecule is COc1cc(C2/C(=C(/O)c3ccccc3)C(=O)C(=O)N2CCN2CCOCC2)ccc1O. The van der Waals surface area contributed by atoms with Crippen molar-refractivity contribution in [3.05, 3.63) is 65.2 Å². The van der Waals surface area contributed by atoms with Crippen LogP contribution < -0.4 is 4.74 Å². The van der Waals surface area contributed by atoms with Crippen molar-refractivity contribution >= 4 is 17.4 Å². The molecule has 0 spiro atoms. The number of aliphatic hydroxyl groups excluding tert-OH is 1. The topological polar surface area (TPSA) is 99.5 Å². The van der Waals surface area contributed by atoms with Gasteiger partial charge in [-0.25, -0.2) is 0 Å². The molecule has 2 N–H and O–H groups in total. The summed E-state index contributed by atoms with van der Waals surface area (Å²) < 4.78 is 10.6. The van der Waals surface area contributed by atoms with Gasteiger partial charge in [0.2, 0.25) is 0 Å². The Hall–Kier alpha value is -3.36. The summed E-state index contributed by atoms with van der Waals surface area (Å²) in [4.78, 5) is 29.8. The van der Waals surface area contributed by atoms with E-state index in [0.717, 1.165) is 13.1 Å². The van der Waals surface area contributed by atoms with E-state index in [1.165, 1.54) is 18.1 Å². The molecule has 1 amide bonds. The van der Waals surface area contributed by atoms with Crippen LogP contribution in [0.1, 0.15) is 17.2 Å². The molecule has 2 aliphatic rings. The number of nitrogens with zero attached hydrogens (tertiary/aromatic N) is 2. The predicted octanol–water partition coefficient (Wildman–Crippen LogP) is 2.15. The van der Waals surface area contributed by atoms with Gasteiger partial charge in [-0.2, -0.15) is 0 Å². The molecule has 2 aliphatic heterocycles. The van der Waals surface area contributed by atoms with Crippen molar-refractivity contribution in [1.29, 1.82) is 0 Å². The number of benzene rings is 2. The van der Waals surface area contributed by atoms with Gasteiger partial charge in [-0.3, -0.25) is 14.5 Å². The Morgan fingerprint density at radius 3 is 2.50 bits per heavy atom. The van der Waals surface area contributed by atoms with Crippen molar-refractivity contribution in [2.75, 3.05) is 46.5 Å². The Morgan fingerprint density at radius 1 is 1.09 bits per heavy atom. The van der Waals surface area contributed by atoms with Crippen molar-refractivity contribution < 1.29 is 29.3 Å². The maximum atomic E-state index is 13.1. The lowest BCUT2D eigenvalue weighted by molar-refractivity contribution is -0.140. The minimum absolute atomic E-state index is 0.0240. The molecule has 8 nitrogen and oxygen atoms in total. The number of ketones is 1. The summed E-state index contributed by atoms with van der Waals surface area (Å²) in [6.45, 7) is 3.66. The normalized spacial score (nSPS) is 21.2. The quantitative estimate of drug-likeness (QED) is 0.405. The van der Waals surface area contributed by atoms with Gasteiger partial charge in [0.25, 0.3) is 11.7 Å². The van der Waals surface area contributed by atoms with Crippen LogP contribution in [0.25, 0.3) is 5.76 Å². The summed E-state index contributed by atoms with van der Waals surface area (Å²) in [6, 6.07) is 12.6. The zero-order valence-corrected chi connectivity index (χ0v) is 17.9. The van der Waals surface area contributed by atoms with Gasteiger partial charge in [-0.05, 0) is 17.7 Å². The van der Waals surface area contributed by atoms with Gasteiger partial charge >= 0.3 is 0 Å². The third kappa shape index (κ3) is 4.19. The van der Waals surface area contributed by atoms with E-state index in [1.54, 1.807) is 42.5 Å². The molecular formula is C24H26N2O6. The van der Waals surface area contributed by atoms with Crippen molar-refractivity contribution in [3.63, 3.8) is 0 Å². The Labute approximate surface area is 186 Å². The van der Waals surface area contributed by atoms with Crippen LogP contribution >= 0.6 is 0 Å². The van der Waals surface area contributed by atoms with Crippen molar-refractivity contribution in [2.45, 2.75) is 6.04 Å². The molecule has 0 saturated carbocycles. The maximum Gasteiger partial charge on any atom is 0.295 e. The number of rotatable bonds is 6. The first-order chi connectivity index (χ1) is 15.5. The number of aromatic hydroxyl groups is 1. The molecular weight excluding hydrogens is 412 g/mol. The van der Waals surface area contributed by atoms with Crippen molar-refractivity contribution in [1.82, 2.24) is 9.80 Å². The number of amides is 1. The van der Waals surface area contributed by atoms with E-state index >= 15 is 0 Å². The number of carbonyl (C=O) groups excluding carboxylic acids is 2. The highest BCUT2D eigenvalue weighted by Gasteiger charge is 2.46. The van der Waals surface area contributed by atoms with E-state index < -0.39 is 17.7 Å². The number of Topliss-reactive ketones (excluding diaryl/α,β-unsaturated/α-hetero) is 1. The molecule has 0 aliphatic carbocycles. The number of carbonyl (C=O) groups is 2. The lowest BCUT2D eigenvalue weighted by atomic mass is 9.95. The third-order valence-electron chi connectivity index (χ3n) is 5.87. The highest BCUT2D eigenvalue weighted by atomic mass is 16.5. The van der Waals surface area contributed by atoms with E-state index in [4.69, 9.17) is 9.47 Å². The molecule has 8 heteroatoms. The molecule has 2 aromatic carbocycles. The molecule has 2 aromatic rings. The summed E-state index contributed by atoms with van der Waals surface area (Å²) >= 11 is 0. The second kappa shape index (κ2) is 9.42. The van der Waals surface area contributed by atoms with Crippen LogP contribution in [0.5, 0.6) is 11.5 Å². The van der Waals surface area contributed by atoms with Crippen LogP contribution in [0.3, 0.4) is 0 Å². The largest absolute Gasteiger partial charge is 0.507 e. The number of hydrogen-bond acceptors (Lipinski definition) is 7. The highest BCUT2D eigenvalue weighted by molar-refractivity contribution is 6.46. The minimum atomic E-state index is -0.800. The fourth-order valence-electron chi connectivity index (χ4n) is 4.15. The molecule has 168 valence electrons.